The van der Waals surface area contributed by atoms with Crippen molar-refractivity contribution in [3.8, 4) is 0 Å². The molecule has 0 atom stereocenters. The fourth-order valence-corrected chi connectivity index (χ4v) is 2.24. The lowest BCUT2D eigenvalue weighted by Gasteiger charge is -2.09. The molecule has 1 aromatic rings. The molecule has 0 heterocycles. The van der Waals surface area contributed by atoms with E-state index in [1.54, 1.807) is 12.1 Å². The molecule has 0 aliphatic heterocycles. The largest absolute Gasteiger partial charge is 0.481 e. The lowest BCUT2D eigenvalue weighted by Crippen LogP contribution is -2.25. The van der Waals surface area contributed by atoms with E-state index >= 15 is 0 Å². The second-order valence-corrected chi connectivity index (χ2v) is 5.60. The Kier molecular flexibility index (Phi) is 8.11. The lowest BCUT2D eigenvalue weighted by atomic mass is 10.1. The van der Waals surface area contributed by atoms with E-state index in [0.717, 1.165) is 19.3 Å². The van der Waals surface area contributed by atoms with Gasteiger partial charge in [-0.15, -0.1) is 0 Å². The fourth-order valence-electron chi connectivity index (χ4n) is 2.03. The Morgan fingerprint density at radius 1 is 1.13 bits per heavy atom. The van der Waals surface area contributed by atoms with Crippen LogP contribution in [0.2, 0.25) is 5.02 Å². The summed E-state index contributed by atoms with van der Waals surface area (Å²) in [4.78, 5) is 33.5. The van der Waals surface area contributed by atoms with Gasteiger partial charge in [0.1, 0.15) is 0 Å². The first-order valence-corrected chi connectivity index (χ1v) is 7.85. The van der Waals surface area contributed by atoms with Crippen LogP contribution in [0.3, 0.4) is 0 Å². The Hall–Kier alpha value is -2.08. The van der Waals surface area contributed by atoms with Gasteiger partial charge in [0.2, 0.25) is 5.91 Å². The summed E-state index contributed by atoms with van der Waals surface area (Å²) >= 11 is 6.01. The number of rotatable bonds is 9. The second-order valence-electron chi connectivity index (χ2n) is 5.19. The van der Waals surface area contributed by atoms with Gasteiger partial charge in [0.15, 0.2) is 0 Å². The molecule has 23 heavy (non-hydrogen) atoms. The van der Waals surface area contributed by atoms with E-state index in [2.05, 4.69) is 10.6 Å². The maximum absolute atomic E-state index is 12.1. The van der Waals surface area contributed by atoms with Crippen LogP contribution in [0.4, 0.5) is 5.69 Å². The third-order valence-corrected chi connectivity index (χ3v) is 3.46. The Balaban J connectivity index is 2.39. The third-order valence-electron chi connectivity index (χ3n) is 3.13. The van der Waals surface area contributed by atoms with Gasteiger partial charge in [-0.1, -0.05) is 24.4 Å². The molecule has 0 unspecified atom stereocenters. The SMILES string of the molecule is CC(=O)Nc1ccc(Cl)c(C(=O)NCCCCCCC(=O)O)c1. The predicted octanol–water partition coefficient (Wildman–Crippen LogP) is 3.06. The summed E-state index contributed by atoms with van der Waals surface area (Å²) < 4.78 is 0. The smallest absolute Gasteiger partial charge is 0.303 e. The first kappa shape index (κ1) is 19.0. The minimum atomic E-state index is -0.785. The van der Waals surface area contributed by atoms with Crippen LogP contribution in [-0.2, 0) is 9.59 Å². The molecular formula is C16H21ClN2O4. The number of halogens is 1. The summed E-state index contributed by atoms with van der Waals surface area (Å²) in [6.45, 7) is 1.88. The van der Waals surface area contributed by atoms with Crippen molar-refractivity contribution < 1.29 is 19.5 Å². The highest BCUT2D eigenvalue weighted by Crippen LogP contribution is 2.20. The number of carboxylic acid groups (broad SMARTS) is 1. The molecule has 0 aliphatic rings. The highest BCUT2D eigenvalue weighted by Gasteiger charge is 2.11. The number of carbonyl (C=O) groups is 3. The van der Waals surface area contributed by atoms with Gasteiger partial charge < -0.3 is 15.7 Å². The van der Waals surface area contributed by atoms with Crippen molar-refractivity contribution in [2.75, 3.05) is 11.9 Å². The van der Waals surface area contributed by atoms with Crippen LogP contribution < -0.4 is 10.6 Å². The molecule has 0 saturated carbocycles. The number of carboxylic acids is 1. The number of anilines is 1. The topological polar surface area (TPSA) is 95.5 Å². The summed E-state index contributed by atoms with van der Waals surface area (Å²) in [6, 6.07) is 4.72. The van der Waals surface area contributed by atoms with Gasteiger partial charge in [0.25, 0.3) is 5.91 Å². The first-order chi connectivity index (χ1) is 10.9. The molecule has 0 bridgehead atoms. The zero-order valence-electron chi connectivity index (χ0n) is 13.0. The van der Waals surface area contributed by atoms with Crippen molar-refractivity contribution in [2.24, 2.45) is 0 Å². The lowest BCUT2D eigenvalue weighted by molar-refractivity contribution is -0.137. The van der Waals surface area contributed by atoms with Gasteiger partial charge in [0, 0.05) is 25.6 Å². The van der Waals surface area contributed by atoms with E-state index in [0.29, 0.717) is 29.2 Å². The second kappa shape index (κ2) is 9.84. The zero-order valence-corrected chi connectivity index (χ0v) is 13.8. The summed E-state index contributed by atoms with van der Waals surface area (Å²) in [5.41, 5.74) is 0.824. The minimum Gasteiger partial charge on any atom is -0.481 e. The normalized spacial score (nSPS) is 10.2. The predicted molar refractivity (Wildman–Crippen MR) is 88.8 cm³/mol. The van der Waals surface area contributed by atoms with E-state index in [4.69, 9.17) is 16.7 Å². The standard InChI is InChI=1S/C16H21ClN2O4/c1-11(20)19-12-7-8-14(17)13(10-12)16(23)18-9-5-3-2-4-6-15(21)22/h7-8,10H,2-6,9H2,1H3,(H,18,23)(H,19,20)(H,21,22). The molecule has 3 N–H and O–H groups in total. The number of unbranched alkanes of at least 4 members (excludes halogenated alkanes) is 3. The van der Waals surface area contributed by atoms with Crippen molar-refractivity contribution in [3.05, 3.63) is 28.8 Å². The van der Waals surface area contributed by atoms with Crippen molar-refractivity contribution in [1.82, 2.24) is 5.32 Å². The molecule has 0 radical (unpaired) electrons. The maximum atomic E-state index is 12.1. The molecule has 7 heteroatoms. The monoisotopic (exact) mass is 340 g/mol. The van der Waals surface area contributed by atoms with Gasteiger partial charge in [-0.25, -0.2) is 0 Å². The van der Waals surface area contributed by atoms with Gasteiger partial charge in [-0.05, 0) is 31.0 Å². The molecule has 0 aliphatic carbocycles. The Morgan fingerprint density at radius 2 is 1.83 bits per heavy atom. The quantitative estimate of drug-likeness (QED) is 0.602. The Labute approximate surface area is 140 Å². The molecule has 2 amide bonds. The first-order valence-electron chi connectivity index (χ1n) is 7.47. The molecule has 1 rings (SSSR count). The van der Waals surface area contributed by atoms with E-state index in [-0.39, 0.29) is 18.2 Å². The van der Waals surface area contributed by atoms with Crippen LogP contribution in [0, 0.1) is 0 Å². The van der Waals surface area contributed by atoms with Crippen LogP contribution in [0.1, 0.15) is 49.4 Å². The fraction of sp³-hybridized carbons (Fsp3) is 0.438. The molecule has 0 aromatic heterocycles. The number of aliphatic carboxylic acids is 1. The highest BCUT2D eigenvalue weighted by molar-refractivity contribution is 6.34. The van der Waals surface area contributed by atoms with Crippen molar-refractivity contribution in [1.29, 1.82) is 0 Å². The Bertz CT molecular complexity index is 575. The van der Waals surface area contributed by atoms with E-state index in [1.807, 2.05) is 0 Å². The number of amides is 2. The number of hydrogen-bond donors (Lipinski definition) is 3. The molecule has 0 saturated heterocycles. The van der Waals surface area contributed by atoms with E-state index < -0.39 is 5.97 Å². The number of benzene rings is 1. The Morgan fingerprint density at radius 3 is 2.48 bits per heavy atom. The van der Waals surface area contributed by atoms with E-state index in [1.165, 1.54) is 13.0 Å². The van der Waals surface area contributed by atoms with Crippen molar-refractivity contribution in [3.63, 3.8) is 0 Å². The summed E-state index contributed by atoms with van der Waals surface area (Å²) in [6.07, 6.45) is 3.27. The molecular weight excluding hydrogens is 320 g/mol. The maximum Gasteiger partial charge on any atom is 0.303 e. The van der Waals surface area contributed by atoms with Crippen LogP contribution in [-0.4, -0.2) is 29.4 Å². The number of hydrogen-bond acceptors (Lipinski definition) is 3. The minimum absolute atomic E-state index is 0.178. The molecule has 0 spiro atoms. The number of nitrogens with one attached hydrogen (secondary N) is 2. The average Bonchev–Trinajstić information content (AvgIpc) is 2.47. The zero-order chi connectivity index (χ0) is 17.2. The molecule has 1 aromatic carbocycles. The number of carbonyl (C=O) groups excluding carboxylic acids is 2. The average molecular weight is 341 g/mol. The molecule has 0 fully saturated rings. The van der Waals surface area contributed by atoms with Gasteiger partial charge in [0.05, 0.1) is 10.6 Å². The summed E-state index contributed by atoms with van der Waals surface area (Å²) in [5.74, 6) is -1.31. The summed E-state index contributed by atoms with van der Waals surface area (Å²) in [7, 11) is 0. The molecule has 6 nitrogen and oxygen atoms in total. The van der Waals surface area contributed by atoms with Crippen molar-refractivity contribution in [2.45, 2.75) is 39.0 Å². The van der Waals surface area contributed by atoms with Gasteiger partial charge >= 0.3 is 5.97 Å². The van der Waals surface area contributed by atoms with Crippen molar-refractivity contribution >= 4 is 35.1 Å². The third kappa shape index (κ3) is 7.65. The van der Waals surface area contributed by atoms with Gasteiger partial charge in [-0.2, -0.15) is 0 Å². The van der Waals surface area contributed by atoms with Gasteiger partial charge in [-0.3, -0.25) is 14.4 Å². The van der Waals surface area contributed by atoms with Crippen LogP contribution in [0.25, 0.3) is 0 Å². The van der Waals surface area contributed by atoms with Crippen LogP contribution >= 0.6 is 11.6 Å². The summed E-state index contributed by atoms with van der Waals surface area (Å²) in [5, 5.41) is 14.2. The van der Waals surface area contributed by atoms with E-state index in [9.17, 15) is 14.4 Å². The molecule has 126 valence electrons. The highest BCUT2D eigenvalue weighted by atomic mass is 35.5. The van der Waals surface area contributed by atoms with Crippen LogP contribution in [0.15, 0.2) is 18.2 Å². The van der Waals surface area contributed by atoms with Crippen LogP contribution in [0.5, 0.6) is 0 Å².